The van der Waals surface area contributed by atoms with Crippen LogP contribution in [0.3, 0.4) is 0 Å². The molecule has 7 nitrogen and oxygen atoms in total. The Morgan fingerprint density at radius 1 is 1.09 bits per heavy atom. The Morgan fingerprint density at radius 2 is 1.61 bits per heavy atom. The van der Waals surface area contributed by atoms with Gasteiger partial charge in [-0.1, -0.05) is 24.3 Å². The third-order valence-corrected chi connectivity index (χ3v) is 2.81. The molecular formula is C16H21NO6. The number of nitrogens with one attached hydrogen (secondary N) is 1. The third kappa shape index (κ3) is 7.30. The number of alkyl carbamates (subject to hydrolysis) is 1. The van der Waals surface area contributed by atoms with Crippen molar-refractivity contribution in [1.82, 2.24) is 5.32 Å². The number of carboxylic acids is 2. The van der Waals surface area contributed by atoms with Crippen LogP contribution in [-0.4, -0.2) is 39.9 Å². The Kier molecular flexibility index (Phi) is 6.12. The Bertz CT molecular complexity index is 573. The summed E-state index contributed by atoms with van der Waals surface area (Å²) < 4.78 is 5.04. The fourth-order valence-electron chi connectivity index (χ4n) is 1.85. The number of aliphatic carboxylic acids is 2. The molecule has 1 aromatic carbocycles. The van der Waals surface area contributed by atoms with E-state index in [1.54, 1.807) is 45.0 Å². The number of carbonyl (C=O) groups excluding carboxylic acids is 1. The largest absolute Gasteiger partial charge is 0.481 e. The van der Waals surface area contributed by atoms with Gasteiger partial charge in [-0.25, -0.2) is 9.59 Å². The molecule has 1 amide bonds. The first kappa shape index (κ1) is 18.5. The lowest BCUT2D eigenvalue weighted by Crippen LogP contribution is -2.44. The number of benzene rings is 1. The zero-order valence-electron chi connectivity index (χ0n) is 13.3. The average Bonchev–Trinajstić information content (AvgIpc) is 2.37. The van der Waals surface area contributed by atoms with Crippen molar-refractivity contribution >= 4 is 18.0 Å². The first-order valence-electron chi connectivity index (χ1n) is 7.09. The van der Waals surface area contributed by atoms with Gasteiger partial charge in [-0.15, -0.1) is 0 Å². The van der Waals surface area contributed by atoms with Crippen LogP contribution in [0.4, 0.5) is 4.79 Å². The molecule has 1 rings (SSSR count). The fourth-order valence-corrected chi connectivity index (χ4v) is 1.85. The summed E-state index contributed by atoms with van der Waals surface area (Å²) in [5.74, 6) is -2.11. The topological polar surface area (TPSA) is 113 Å². The minimum Gasteiger partial charge on any atom is -0.481 e. The van der Waals surface area contributed by atoms with Gasteiger partial charge in [0.25, 0.3) is 0 Å². The third-order valence-electron chi connectivity index (χ3n) is 2.81. The second-order valence-corrected chi connectivity index (χ2v) is 6.13. The molecule has 0 fully saturated rings. The van der Waals surface area contributed by atoms with Crippen molar-refractivity contribution in [2.45, 2.75) is 45.3 Å². The number of carboxylic acid groups (broad SMARTS) is 2. The molecule has 1 atom stereocenters. The van der Waals surface area contributed by atoms with E-state index >= 15 is 0 Å². The van der Waals surface area contributed by atoms with E-state index in [0.29, 0.717) is 11.1 Å². The van der Waals surface area contributed by atoms with Gasteiger partial charge in [0, 0.05) is 6.42 Å². The van der Waals surface area contributed by atoms with Gasteiger partial charge in [-0.2, -0.15) is 0 Å². The van der Waals surface area contributed by atoms with Crippen LogP contribution in [-0.2, 0) is 27.2 Å². The highest BCUT2D eigenvalue weighted by Gasteiger charge is 2.24. The highest BCUT2D eigenvalue weighted by molar-refractivity contribution is 5.80. The van der Waals surface area contributed by atoms with Crippen molar-refractivity contribution in [3.05, 3.63) is 35.4 Å². The number of rotatable bonds is 6. The van der Waals surface area contributed by atoms with E-state index in [4.69, 9.17) is 9.84 Å². The Labute approximate surface area is 134 Å². The van der Waals surface area contributed by atoms with Crippen molar-refractivity contribution in [2.24, 2.45) is 0 Å². The lowest BCUT2D eigenvalue weighted by atomic mass is 10.0. The monoisotopic (exact) mass is 323 g/mol. The van der Waals surface area contributed by atoms with Gasteiger partial charge < -0.3 is 20.3 Å². The maximum absolute atomic E-state index is 11.7. The minimum atomic E-state index is -1.18. The van der Waals surface area contributed by atoms with Crippen LogP contribution in [0.5, 0.6) is 0 Å². The molecule has 0 spiro atoms. The molecule has 0 saturated heterocycles. The van der Waals surface area contributed by atoms with Gasteiger partial charge in [-0.05, 0) is 31.9 Å². The van der Waals surface area contributed by atoms with E-state index in [1.807, 2.05) is 0 Å². The van der Waals surface area contributed by atoms with E-state index in [2.05, 4.69) is 5.32 Å². The van der Waals surface area contributed by atoms with E-state index in [9.17, 15) is 19.5 Å². The summed E-state index contributed by atoms with van der Waals surface area (Å²) in [7, 11) is 0. The first-order chi connectivity index (χ1) is 10.6. The predicted molar refractivity (Wildman–Crippen MR) is 82.3 cm³/mol. The van der Waals surface area contributed by atoms with Crippen LogP contribution < -0.4 is 5.32 Å². The van der Waals surface area contributed by atoms with Gasteiger partial charge in [0.05, 0.1) is 6.42 Å². The van der Waals surface area contributed by atoms with E-state index < -0.39 is 29.7 Å². The van der Waals surface area contributed by atoms with E-state index in [0.717, 1.165) is 0 Å². The summed E-state index contributed by atoms with van der Waals surface area (Å²) in [6, 6.07) is 5.40. The molecule has 0 aliphatic carbocycles. The summed E-state index contributed by atoms with van der Waals surface area (Å²) in [5, 5.41) is 20.2. The number of amides is 1. The number of ether oxygens (including phenoxy) is 1. The van der Waals surface area contributed by atoms with Crippen LogP contribution in [0.1, 0.15) is 31.9 Å². The highest BCUT2D eigenvalue weighted by Crippen LogP contribution is 2.10. The van der Waals surface area contributed by atoms with Gasteiger partial charge in [0.15, 0.2) is 0 Å². The smallest absolute Gasteiger partial charge is 0.408 e. The quantitative estimate of drug-likeness (QED) is 0.736. The first-order valence-corrected chi connectivity index (χ1v) is 7.09. The molecular weight excluding hydrogens is 302 g/mol. The van der Waals surface area contributed by atoms with Gasteiger partial charge in [0.1, 0.15) is 11.6 Å². The van der Waals surface area contributed by atoms with Gasteiger partial charge >= 0.3 is 18.0 Å². The molecule has 0 saturated carbocycles. The molecule has 23 heavy (non-hydrogen) atoms. The SMILES string of the molecule is CC(C)(C)OC(=O)N[C@H](Cc1ccc(CC(=O)O)cc1)C(=O)O. The molecule has 0 radical (unpaired) electrons. The van der Waals surface area contributed by atoms with Crippen molar-refractivity contribution in [3.8, 4) is 0 Å². The molecule has 1 aromatic rings. The van der Waals surface area contributed by atoms with Crippen LogP contribution in [0.25, 0.3) is 0 Å². The predicted octanol–water partition coefficient (Wildman–Crippen LogP) is 1.83. The summed E-state index contributed by atoms with van der Waals surface area (Å²) in [6.45, 7) is 5.05. The molecule has 0 unspecified atom stereocenters. The summed E-state index contributed by atoms with van der Waals surface area (Å²) in [6.07, 6.45) is -0.826. The summed E-state index contributed by atoms with van der Waals surface area (Å²) >= 11 is 0. The van der Waals surface area contributed by atoms with Crippen molar-refractivity contribution in [3.63, 3.8) is 0 Å². The highest BCUT2D eigenvalue weighted by atomic mass is 16.6. The molecule has 126 valence electrons. The summed E-state index contributed by atoms with van der Waals surface area (Å²) in [5.41, 5.74) is 0.571. The van der Waals surface area contributed by atoms with E-state index in [1.165, 1.54) is 0 Å². The number of hydrogen-bond donors (Lipinski definition) is 3. The summed E-state index contributed by atoms with van der Waals surface area (Å²) in [4.78, 5) is 33.6. The second-order valence-electron chi connectivity index (χ2n) is 6.13. The minimum absolute atomic E-state index is 0.0714. The van der Waals surface area contributed by atoms with Crippen LogP contribution in [0, 0.1) is 0 Å². The zero-order valence-corrected chi connectivity index (χ0v) is 13.3. The standard InChI is InChI=1S/C16H21NO6/c1-16(2,3)23-15(22)17-12(14(20)21)8-10-4-6-11(7-5-10)9-13(18)19/h4-7,12H,8-9H2,1-3H3,(H,17,22)(H,18,19)(H,20,21)/t12-/m1/s1. The molecule has 0 bridgehead atoms. The lowest BCUT2D eigenvalue weighted by molar-refractivity contribution is -0.139. The van der Waals surface area contributed by atoms with Crippen molar-refractivity contribution in [1.29, 1.82) is 0 Å². The second kappa shape index (κ2) is 7.62. The average molecular weight is 323 g/mol. The van der Waals surface area contributed by atoms with Crippen LogP contribution in [0.2, 0.25) is 0 Å². The van der Waals surface area contributed by atoms with Crippen LogP contribution in [0.15, 0.2) is 24.3 Å². The number of hydrogen-bond acceptors (Lipinski definition) is 4. The molecule has 0 aromatic heterocycles. The maximum atomic E-state index is 11.7. The Balaban J connectivity index is 2.71. The van der Waals surface area contributed by atoms with E-state index in [-0.39, 0.29) is 12.8 Å². The molecule has 3 N–H and O–H groups in total. The van der Waals surface area contributed by atoms with Crippen molar-refractivity contribution in [2.75, 3.05) is 0 Å². The number of carbonyl (C=O) groups is 3. The van der Waals surface area contributed by atoms with Gasteiger partial charge in [0.2, 0.25) is 0 Å². The molecule has 7 heteroatoms. The lowest BCUT2D eigenvalue weighted by Gasteiger charge is -2.22. The zero-order chi connectivity index (χ0) is 17.6. The molecule has 0 heterocycles. The fraction of sp³-hybridized carbons (Fsp3) is 0.438. The Morgan fingerprint density at radius 3 is 2.04 bits per heavy atom. The Hall–Kier alpha value is -2.57. The van der Waals surface area contributed by atoms with Gasteiger partial charge in [-0.3, -0.25) is 4.79 Å². The molecule has 0 aliphatic heterocycles. The van der Waals surface area contributed by atoms with Crippen LogP contribution >= 0.6 is 0 Å². The maximum Gasteiger partial charge on any atom is 0.408 e. The molecule has 0 aliphatic rings. The normalized spacial score (nSPS) is 12.3. The van der Waals surface area contributed by atoms with Crippen molar-refractivity contribution < 1.29 is 29.3 Å².